The standard InChI is InChI=1S/C6H12Ge/c1-6(2,3)4-5-7/h1-3,7H3. The summed E-state index contributed by atoms with van der Waals surface area (Å²) in [7, 11) is 0. The molecule has 1 heteroatoms. The van der Waals surface area contributed by atoms with Gasteiger partial charge in [0.25, 0.3) is 0 Å². The Kier molecular flexibility index (Phi) is 2.46. The van der Waals surface area contributed by atoms with Gasteiger partial charge in [-0.2, -0.15) is 0 Å². The molecule has 7 heavy (non-hydrogen) atoms. The molecule has 0 fully saturated rings. The summed E-state index contributed by atoms with van der Waals surface area (Å²) in [5, 5.41) is 0. The van der Waals surface area contributed by atoms with Crippen LogP contribution in [0.1, 0.15) is 20.8 Å². The summed E-state index contributed by atoms with van der Waals surface area (Å²) >= 11 is 0.709. The third kappa shape index (κ3) is 6.10. The molecule has 0 atom stereocenters. The normalized spacial score (nSPS) is 10.1. The molecule has 0 aromatic heterocycles. The van der Waals surface area contributed by atoms with Crippen LogP contribution >= 0.6 is 0 Å². The fraction of sp³-hybridized carbons (Fsp3) is 0.667. The molecule has 0 rings (SSSR count). The Morgan fingerprint density at radius 3 is 1.71 bits per heavy atom. The number of hydrogen-bond donors (Lipinski definition) is 0. The zero-order chi connectivity index (χ0) is 5.91. The second-order valence-electron chi connectivity index (χ2n) is 2.62. The van der Waals surface area contributed by atoms with Crippen LogP contribution in [0.25, 0.3) is 0 Å². The van der Waals surface area contributed by atoms with Crippen LogP contribution in [-0.2, 0) is 0 Å². The Balaban J connectivity index is 3.72. The third-order valence-electron chi connectivity index (χ3n) is 0.500. The fourth-order valence-electron chi connectivity index (χ4n) is 0.375. The molecule has 40 valence electrons. The van der Waals surface area contributed by atoms with Crippen LogP contribution < -0.4 is 0 Å². The first-order chi connectivity index (χ1) is 3.06. The van der Waals surface area contributed by atoms with E-state index in [1.807, 2.05) is 0 Å². The van der Waals surface area contributed by atoms with Crippen LogP contribution in [0.3, 0.4) is 0 Å². The van der Waals surface area contributed by atoms with Crippen molar-refractivity contribution in [2.75, 3.05) is 0 Å². The van der Waals surface area contributed by atoms with Crippen molar-refractivity contribution in [2.45, 2.75) is 20.8 Å². The molecule has 0 N–H and O–H groups in total. The van der Waals surface area contributed by atoms with Gasteiger partial charge in [0, 0.05) is 0 Å². The molecule has 0 aliphatic rings. The van der Waals surface area contributed by atoms with Crippen molar-refractivity contribution in [1.29, 1.82) is 0 Å². The molecule has 0 unspecified atom stereocenters. The first kappa shape index (κ1) is 7.10. The van der Waals surface area contributed by atoms with Crippen LogP contribution in [0, 0.1) is 16.1 Å². The molecule has 0 aromatic rings. The second kappa shape index (κ2) is 2.42. The molecule has 0 aliphatic carbocycles. The van der Waals surface area contributed by atoms with Gasteiger partial charge in [0.1, 0.15) is 0 Å². The summed E-state index contributed by atoms with van der Waals surface area (Å²) in [4.78, 5) is 0. The maximum atomic E-state index is 3.12. The van der Waals surface area contributed by atoms with Crippen LogP contribution in [0.4, 0.5) is 0 Å². The minimum atomic E-state index is 0.236. The van der Waals surface area contributed by atoms with Crippen molar-refractivity contribution in [3.8, 4) is 10.7 Å². The molecule has 0 spiro atoms. The average molecular weight is 157 g/mol. The van der Waals surface area contributed by atoms with Gasteiger partial charge in [0.15, 0.2) is 0 Å². The van der Waals surface area contributed by atoms with Crippen molar-refractivity contribution < 1.29 is 0 Å². The van der Waals surface area contributed by atoms with E-state index in [2.05, 4.69) is 31.4 Å². The Morgan fingerprint density at radius 2 is 1.71 bits per heavy atom. The second-order valence-corrected chi connectivity index (χ2v) is 3.67. The molecule has 0 bridgehead atoms. The molecular formula is C6H12Ge. The molecule has 0 amide bonds. The number of rotatable bonds is 0. The summed E-state index contributed by atoms with van der Waals surface area (Å²) in [5.74, 6) is 3.12. The van der Waals surface area contributed by atoms with E-state index in [0.29, 0.717) is 16.5 Å². The van der Waals surface area contributed by atoms with Gasteiger partial charge in [-0.25, -0.2) is 0 Å². The average Bonchev–Trinajstić information content (AvgIpc) is 1.30. The maximum absolute atomic E-state index is 3.12. The van der Waals surface area contributed by atoms with Gasteiger partial charge in [-0.1, -0.05) is 0 Å². The summed E-state index contributed by atoms with van der Waals surface area (Å²) in [5.41, 5.74) is 0.236. The number of hydrogen-bond acceptors (Lipinski definition) is 0. The van der Waals surface area contributed by atoms with Gasteiger partial charge in [-0.05, 0) is 0 Å². The first-order valence-corrected chi connectivity index (χ1v) is 4.60. The molecule has 0 saturated carbocycles. The zero-order valence-electron chi connectivity index (χ0n) is 5.50. The van der Waals surface area contributed by atoms with E-state index < -0.39 is 0 Å². The molecule has 0 aliphatic heterocycles. The molecular weight excluding hydrogens is 145 g/mol. The van der Waals surface area contributed by atoms with E-state index in [4.69, 9.17) is 0 Å². The quantitative estimate of drug-likeness (QED) is 0.351. The van der Waals surface area contributed by atoms with E-state index in [-0.39, 0.29) is 5.41 Å². The van der Waals surface area contributed by atoms with Crippen LogP contribution in [0.5, 0.6) is 0 Å². The summed E-state index contributed by atoms with van der Waals surface area (Å²) in [6.07, 6.45) is 0. The Labute approximate surface area is 53.9 Å². The van der Waals surface area contributed by atoms with Crippen molar-refractivity contribution in [1.82, 2.24) is 0 Å². The third-order valence-corrected chi connectivity index (χ3v) is 1.02. The molecule has 0 nitrogen and oxygen atoms in total. The van der Waals surface area contributed by atoms with Gasteiger partial charge >= 0.3 is 53.4 Å². The van der Waals surface area contributed by atoms with Gasteiger partial charge in [-0.15, -0.1) is 0 Å². The van der Waals surface area contributed by atoms with Crippen LogP contribution in [0.15, 0.2) is 0 Å². The van der Waals surface area contributed by atoms with E-state index in [1.165, 1.54) is 0 Å². The fourth-order valence-corrected chi connectivity index (χ4v) is 1.95. The van der Waals surface area contributed by atoms with Crippen LogP contribution in [0.2, 0.25) is 0 Å². The van der Waals surface area contributed by atoms with Crippen molar-refractivity contribution in [3.63, 3.8) is 0 Å². The predicted molar refractivity (Wildman–Crippen MR) is 37.2 cm³/mol. The molecule has 0 aromatic carbocycles. The Hall–Kier alpha value is 0.103. The zero-order valence-corrected chi connectivity index (χ0v) is 9.70. The first-order valence-electron chi connectivity index (χ1n) is 2.50. The van der Waals surface area contributed by atoms with E-state index in [9.17, 15) is 0 Å². The minimum absolute atomic E-state index is 0.236. The Morgan fingerprint density at radius 1 is 1.29 bits per heavy atom. The van der Waals surface area contributed by atoms with E-state index in [1.54, 1.807) is 0 Å². The predicted octanol–water partition coefficient (Wildman–Crippen LogP) is 0.359. The van der Waals surface area contributed by atoms with Crippen molar-refractivity contribution >= 4 is 16.5 Å². The summed E-state index contributed by atoms with van der Waals surface area (Å²) < 4.78 is 3.05. The van der Waals surface area contributed by atoms with Gasteiger partial charge in [0.2, 0.25) is 0 Å². The van der Waals surface area contributed by atoms with Gasteiger partial charge in [0.05, 0.1) is 0 Å². The summed E-state index contributed by atoms with van der Waals surface area (Å²) in [6, 6.07) is 0. The van der Waals surface area contributed by atoms with Gasteiger partial charge in [-0.3, -0.25) is 0 Å². The van der Waals surface area contributed by atoms with E-state index in [0.717, 1.165) is 0 Å². The summed E-state index contributed by atoms with van der Waals surface area (Å²) in [6.45, 7) is 6.39. The molecule has 0 heterocycles. The van der Waals surface area contributed by atoms with E-state index >= 15 is 0 Å². The topological polar surface area (TPSA) is 0 Å². The van der Waals surface area contributed by atoms with Gasteiger partial charge < -0.3 is 0 Å². The van der Waals surface area contributed by atoms with Crippen molar-refractivity contribution in [3.05, 3.63) is 0 Å². The SMILES string of the molecule is CC(C)(C)C#[C][GeH3]. The molecule has 0 radical (unpaired) electrons. The Bertz CT molecular complexity index is 97.6. The van der Waals surface area contributed by atoms with Crippen molar-refractivity contribution in [2.24, 2.45) is 5.41 Å². The van der Waals surface area contributed by atoms with Crippen LogP contribution in [-0.4, -0.2) is 16.5 Å². The molecule has 0 saturated heterocycles. The monoisotopic (exact) mass is 158 g/mol.